The van der Waals surface area contributed by atoms with Gasteiger partial charge in [0.25, 0.3) is 11.8 Å². The highest BCUT2D eigenvalue weighted by Crippen LogP contribution is 2.35. The molecule has 0 radical (unpaired) electrons. The Balaban J connectivity index is 0.00000405. The molecule has 2 amide bonds. The first-order valence-corrected chi connectivity index (χ1v) is 13.6. The van der Waals surface area contributed by atoms with Crippen molar-refractivity contribution in [3.05, 3.63) is 63.1 Å². The van der Waals surface area contributed by atoms with Crippen molar-refractivity contribution in [1.29, 1.82) is 0 Å². The number of carbonyl (C=O) groups excluding carboxylic acids is 3. The zero-order valence-electron chi connectivity index (χ0n) is 23.5. The Labute approximate surface area is 247 Å². The third-order valence-electron chi connectivity index (χ3n) is 7.97. The predicted molar refractivity (Wildman–Crippen MR) is 149 cm³/mol. The molecule has 3 aliphatic heterocycles. The first-order chi connectivity index (χ1) is 19.6. The number of nitrogens with one attached hydrogen (secondary N) is 2. The number of aromatic nitrogens is 1. The molecule has 5 rings (SSSR count). The van der Waals surface area contributed by atoms with E-state index >= 15 is 0 Å². The molecule has 1 aromatic heterocycles. The number of pyridine rings is 1. The van der Waals surface area contributed by atoms with Gasteiger partial charge in [0, 0.05) is 43.5 Å². The van der Waals surface area contributed by atoms with E-state index in [1.807, 2.05) is 13.8 Å². The van der Waals surface area contributed by atoms with Crippen molar-refractivity contribution in [2.75, 3.05) is 26.9 Å². The lowest BCUT2D eigenvalue weighted by molar-refractivity contribution is -0.153. The van der Waals surface area contributed by atoms with E-state index in [0.29, 0.717) is 19.2 Å². The van der Waals surface area contributed by atoms with Gasteiger partial charge in [-0.1, -0.05) is 19.9 Å². The number of likely N-dealkylation sites (N-methyl/N-ethyl adjacent to an activating group) is 1. The van der Waals surface area contributed by atoms with Gasteiger partial charge < -0.3 is 29.6 Å². The zero-order chi connectivity index (χ0) is 29.4. The van der Waals surface area contributed by atoms with Gasteiger partial charge in [0.1, 0.15) is 29.4 Å². The number of ether oxygens (including phenoxy) is 2. The third-order valence-corrected chi connectivity index (χ3v) is 7.97. The van der Waals surface area contributed by atoms with Gasteiger partial charge in [0.05, 0.1) is 6.54 Å². The summed E-state index contributed by atoms with van der Waals surface area (Å²) in [6, 6.07) is 2.57. The van der Waals surface area contributed by atoms with Crippen molar-refractivity contribution >= 4 is 30.2 Å². The predicted octanol–water partition coefficient (Wildman–Crippen LogP) is 1.86. The highest BCUT2D eigenvalue weighted by Gasteiger charge is 2.48. The molecule has 2 aromatic rings. The summed E-state index contributed by atoms with van der Waals surface area (Å²) in [7, 11) is 1.62. The molecule has 42 heavy (non-hydrogen) atoms. The molecule has 11 nitrogen and oxygen atoms in total. The number of carbonyl (C=O) groups is 3. The third kappa shape index (κ3) is 5.86. The average Bonchev–Trinajstić information content (AvgIpc) is 3.52. The largest absolute Gasteiger partial charge is 0.451 e. The maximum Gasteiger partial charge on any atom is 0.326 e. The molecule has 0 unspecified atom stereocenters. The number of fused-ring (bicyclic) bond motifs is 4. The molecular weight excluding hydrogens is 576 g/mol. The fraction of sp³-hybridized carbons (Fsp3) is 0.500. The minimum atomic E-state index is -0.870. The number of benzene rings is 1. The Kier molecular flexibility index (Phi) is 9.53. The van der Waals surface area contributed by atoms with Gasteiger partial charge in [0.2, 0.25) is 18.0 Å². The first kappa shape index (κ1) is 31.4. The minimum absolute atomic E-state index is 0. The molecule has 2 fully saturated rings. The number of nitrogens with zero attached hydrogens (tertiary/aromatic N) is 3. The van der Waals surface area contributed by atoms with Crippen LogP contribution in [-0.4, -0.2) is 77.3 Å². The van der Waals surface area contributed by atoms with E-state index in [2.05, 4.69) is 15.5 Å². The van der Waals surface area contributed by atoms with E-state index in [0.717, 1.165) is 25.5 Å². The molecule has 2 saturated heterocycles. The van der Waals surface area contributed by atoms with E-state index in [4.69, 9.17) is 9.47 Å². The summed E-state index contributed by atoms with van der Waals surface area (Å²) in [5.41, 5.74) is -1.20. The maximum atomic E-state index is 14.1. The van der Waals surface area contributed by atoms with E-state index in [1.54, 1.807) is 11.9 Å². The van der Waals surface area contributed by atoms with Gasteiger partial charge in [-0.2, -0.15) is 0 Å². The highest BCUT2D eigenvalue weighted by molar-refractivity contribution is 5.99. The summed E-state index contributed by atoms with van der Waals surface area (Å²) in [4.78, 5) is 56.8. The number of halogens is 3. The summed E-state index contributed by atoms with van der Waals surface area (Å²) in [6.45, 7) is 4.39. The lowest BCUT2D eigenvalue weighted by Gasteiger charge is -2.36. The van der Waals surface area contributed by atoms with Crippen LogP contribution in [0.3, 0.4) is 0 Å². The van der Waals surface area contributed by atoms with Crippen LogP contribution in [-0.2, 0) is 22.6 Å². The standard InChI is InChI=1S/C28H33F2N5O6.ClH/c1-15(2)22(31-3)28(39)41-14-40-25-23-27(38)35-11-18-5-4-8-34(18)21(35)13-33(23)12-19(24(25)36)26(37)32-10-16-6-7-17(29)9-20(16)30;/h6-7,9,12,15,18,21-22,31H,4-5,8,10-11,13-14H2,1-3H3,(H,32,37);1H/t18-,21+,22+;/m1./s1. The smallest absolute Gasteiger partial charge is 0.326 e. The fourth-order valence-corrected chi connectivity index (χ4v) is 5.90. The summed E-state index contributed by atoms with van der Waals surface area (Å²) >= 11 is 0. The first-order valence-electron chi connectivity index (χ1n) is 13.6. The number of hydrogen-bond donors (Lipinski definition) is 2. The minimum Gasteiger partial charge on any atom is -0.451 e. The SMILES string of the molecule is CN[C@H](C(=O)OCOc1c2n(cc(C(=O)NCc3ccc(F)cc3F)c1=O)C[C@@H]1N(C[C@H]3CCCN31)C2=O)C(C)C.Cl. The van der Waals surface area contributed by atoms with Crippen molar-refractivity contribution in [3.63, 3.8) is 0 Å². The van der Waals surface area contributed by atoms with Crippen LogP contribution in [0.5, 0.6) is 5.75 Å². The van der Waals surface area contributed by atoms with E-state index in [-0.39, 0.29) is 53.9 Å². The second-order valence-corrected chi connectivity index (χ2v) is 10.8. The molecular formula is C28H34ClF2N5O6. The molecule has 228 valence electrons. The topological polar surface area (TPSA) is 122 Å². The van der Waals surface area contributed by atoms with Crippen LogP contribution in [0, 0.1) is 17.6 Å². The van der Waals surface area contributed by atoms with Gasteiger partial charge in [-0.3, -0.25) is 24.1 Å². The molecule has 0 spiro atoms. The maximum absolute atomic E-state index is 14.1. The van der Waals surface area contributed by atoms with Crippen molar-refractivity contribution in [2.24, 2.45) is 5.92 Å². The van der Waals surface area contributed by atoms with Crippen molar-refractivity contribution in [2.45, 2.75) is 58.0 Å². The lowest BCUT2D eigenvalue weighted by Crippen LogP contribution is -2.51. The van der Waals surface area contributed by atoms with Gasteiger partial charge in [-0.25, -0.2) is 8.78 Å². The second-order valence-electron chi connectivity index (χ2n) is 10.8. The molecule has 4 heterocycles. The number of esters is 1. The van der Waals surface area contributed by atoms with Crippen LogP contribution in [0.25, 0.3) is 0 Å². The molecule has 14 heteroatoms. The molecule has 0 bridgehead atoms. The number of hydrogen-bond acceptors (Lipinski definition) is 8. The van der Waals surface area contributed by atoms with Crippen LogP contribution in [0.4, 0.5) is 8.78 Å². The summed E-state index contributed by atoms with van der Waals surface area (Å²) < 4.78 is 39.8. The summed E-state index contributed by atoms with van der Waals surface area (Å²) in [5, 5.41) is 5.34. The van der Waals surface area contributed by atoms with Crippen LogP contribution < -0.4 is 20.8 Å². The number of amides is 2. The number of rotatable bonds is 9. The summed E-state index contributed by atoms with van der Waals surface area (Å²) in [5.74, 6) is -3.92. The molecule has 3 atom stereocenters. The zero-order valence-corrected chi connectivity index (χ0v) is 24.3. The van der Waals surface area contributed by atoms with Crippen LogP contribution >= 0.6 is 12.4 Å². The van der Waals surface area contributed by atoms with Gasteiger partial charge in [-0.05, 0) is 31.9 Å². The van der Waals surface area contributed by atoms with Crippen LogP contribution in [0.2, 0.25) is 0 Å². The Morgan fingerprint density at radius 2 is 1.93 bits per heavy atom. The van der Waals surface area contributed by atoms with E-state index < -0.39 is 53.4 Å². The Morgan fingerprint density at radius 3 is 2.62 bits per heavy atom. The quantitative estimate of drug-likeness (QED) is 0.326. The van der Waals surface area contributed by atoms with Gasteiger partial charge in [0.15, 0.2) is 5.69 Å². The summed E-state index contributed by atoms with van der Waals surface area (Å²) in [6.07, 6.45) is 3.06. The molecule has 0 saturated carbocycles. The van der Waals surface area contributed by atoms with Crippen molar-refractivity contribution < 1.29 is 32.6 Å². The molecule has 3 aliphatic rings. The van der Waals surface area contributed by atoms with Gasteiger partial charge in [-0.15, -0.1) is 12.4 Å². The van der Waals surface area contributed by atoms with Gasteiger partial charge >= 0.3 is 5.97 Å². The van der Waals surface area contributed by atoms with Crippen LogP contribution in [0.1, 0.15) is 53.1 Å². The highest BCUT2D eigenvalue weighted by atomic mass is 35.5. The molecule has 0 aliphatic carbocycles. The monoisotopic (exact) mass is 609 g/mol. The Bertz CT molecular complexity index is 1440. The normalized spacial score (nSPS) is 20.0. The Morgan fingerprint density at radius 1 is 1.17 bits per heavy atom. The fourth-order valence-electron chi connectivity index (χ4n) is 5.90. The van der Waals surface area contributed by atoms with Crippen molar-refractivity contribution in [3.8, 4) is 5.75 Å². The molecule has 1 aromatic carbocycles. The second kappa shape index (κ2) is 12.8. The Hall–Kier alpha value is -3.55. The molecule has 2 N–H and O–H groups in total. The lowest BCUT2D eigenvalue weighted by atomic mass is 10.1. The van der Waals surface area contributed by atoms with E-state index in [9.17, 15) is 28.0 Å². The average molecular weight is 610 g/mol. The van der Waals surface area contributed by atoms with Crippen LogP contribution in [0.15, 0.2) is 29.2 Å². The van der Waals surface area contributed by atoms with E-state index in [1.165, 1.54) is 16.8 Å². The van der Waals surface area contributed by atoms with Crippen molar-refractivity contribution in [1.82, 2.24) is 25.0 Å².